The van der Waals surface area contributed by atoms with Gasteiger partial charge in [-0.05, 0) is 24.3 Å². The lowest BCUT2D eigenvalue weighted by Crippen LogP contribution is -2.29. The van der Waals surface area contributed by atoms with E-state index in [-0.39, 0.29) is 12.2 Å². The van der Waals surface area contributed by atoms with Gasteiger partial charge in [0.05, 0.1) is 7.11 Å². The monoisotopic (exact) mass is 286 g/mol. The molecule has 1 N–H and O–H groups in total. The van der Waals surface area contributed by atoms with E-state index in [1.807, 2.05) is 24.3 Å². The molecule has 0 saturated carbocycles. The summed E-state index contributed by atoms with van der Waals surface area (Å²) in [6.45, 7) is 0. The normalized spacial score (nSPS) is 21.4. The third-order valence-corrected chi connectivity index (χ3v) is 3.33. The van der Waals surface area contributed by atoms with Gasteiger partial charge in [-0.15, -0.1) is 0 Å². The van der Waals surface area contributed by atoms with Crippen molar-refractivity contribution in [2.75, 3.05) is 14.2 Å². The highest BCUT2D eigenvalue weighted by Crippen LogP contribution is 2.23. The number of ether oxygens (including phenoxy) is 2. The summed E-state index contributed by atoms with van der Waals surface area (Å²) in [5, 5.41) is 9.86. The summed E-state index contributed by atoms with van der Waals surface area (Å²) in [4.78, 5) is 12.1. The fraction of sp³-hybridized carbons (Fsp3) is 0.235. The number of carbonyl (C=O) groups excluding carboxylic acids is 1. The molecular weight excluding hydrogens is 268 g/mol. The Morgan fingerprint density at radius 1 is 1.33 bits per heavy atom. The maximum atomic E-state index is 12.1. The van der Waals surface area contributed by atoms with Gasteiger partial charge in [-0.25, -0.2) is 0 Å². The Morgan fingerprint density at radius 2 is 2.10 bits per heavy atom. The molecule has 0 heterocycles. The first-order valence-electron chi connectivity index (χ1n) is 6.60. The Kier molecular flexibility index (Phi) is 4.73. The summed E-state index contributed by atoms with van der Waals surface area (Å²) in [7, 11) is 3.01. The van der Waals surface area contributed by atoms with Gasteiger partial charge >= 0.3 is 0 Å². The van der Waals surface area contributed by atoms with E-state index in [0.717, 1.165) is 5.56 Å². The Bertz CT molecular complexity index is 613. The lowest BCUT2D eigenvalue weighted by molar-refractivity contribution is -0.143. The van der Waals surface area contributed by atoms with Crippen molar-refractivity contribution in [2.45, 2.75) is 12.2 Å². The molecule has 4 nitrogen and oxygen atoms in total. The molecule has 0 aromatic heterocycles. The zero-order valence-electron chi connectivity index (χ0n) is 12.1. The van der Waals surface area contributed by atoms with Crippen molar-refractivity contribution in [3.63, 3.8) is 0 Å². The van der Waals surface area contributed by atoms with E-state index in [2.05, 4.69) is 0 Å². The number of carbonyl (C=O) groups is 1. The zero-order valence-corrected chi connectivity index (χ0v) is 12.1. The van der Waals surface area contributed by atoms with Crippen LogP contribution in [-0.4, -0.2) is 30.9 Å². The summed E-state index contributed by atoms with van der Waals surface area (Å²) >= 11 is 0. The molecule has 0 spiro atoms. The minimum Gasteiger partial charge on any atom is -0.496 e. The molecule has 110 valence electrons. The Labute approximate surface area is 124 Å². The molecule has 0 saturated heterocycles. The fourth-order valence-electron chi connectivity index (χ4n) is 2.01. The third-order valence-electron chi connectivity index (χ3n) is 3.33. The summed E-state index contributed by atoms with van der Waals surface area (Å²) in [6.07, 6.45) is 8.18. The van der Waals surface area contributed by atoms with Crippen molar-refractivity contribution in [1.29, 1.82) is 0 Å². The van der Waals surface area contributed by atoms with Crippen LogP contribution in [0.25, 0.3) is 6.08 Å². The molecule has 0 aliphatic heterocycles. The predicted molar refractivity (Wildman–Crippen MR) is 80.8 cm³/mol. The van der Waals surface area contributed by atoms with Crippen LogP contribution < -0.4 is 4.74 Å². The molecule has 1 atom stereocenters. The number of para-hydroxylation sites is 1. The first-order chi connectivity index (χ1) is 10.1. The van der Waals surface area contributed by atoms with E-state index < -0.39 is 5.79 Å². The van der Waals surface area contributed by atoms with E-state index in [0.29, 0.717) is 11.3 Å². The lowest BCUT2D eigenvalue weighted by atomic mass is 9.98. The van der Waals surface area contributed by atoms with Crippen molar-refractivity contribution in [3.8, 4) is 5.75 Å². The average Bonchev–Trinajstić information content (AvgIpc) is 2.53. The first-order valence-corrected chi connectivity index (χ1v) is 6.60. The van der Waals surface area contributed by atoms with Crippen LogP contribution in [-0.2, 0) is 9.53 Å². The Morgan fingerprint density at radius 3 is 2.71 bits per heavy atom. The number of hydrogen-bond acceptors (Lipinski definition) is 4. The number of allylic oxidation sites excluding steroid dienone is 3. The van der Waals surface area contributed by atoms with Gasteiger partial charge in [0.1, 0.15) is 5.75 Å². The van der Waals surface area contributed by atoms with Crippen LogP contribution in [0.3, 0.4) is 0 Å². The smallest absolute Gasteiger partial charge is 0.188 e. The molecule has 2 rings (SSSR count). The van der Waals surface area contributed by atoms with Gasteiger partial charge in [0.2, 0.25) is 0 Å². The second-order valence-corrected chi connectivity index (χ2v) is 4.69. The van der Waals surface area contributed by atoms with Crippen LogP contribution in [0.2, 0.25) is 0 Å². The average molecular weight is 286 g/mol. The standard InChI is InChI=1S/C17H18O4/c1-20-16-6-4-3-5-14(16)7-8-15(18)13-9-11-17(19,21-2)12-10-13/h3-11,19H,12H2,1-2H3. The van der Waals surface area contributed by atoms with E-state index >= 15 is 0 Å². The van der Waals surface area contributed by atoms with E-state index in [9.17, 15) is 9.90 Å². The van der Waals surface area contributed by atoms with Crippen molar-refractivity contribution >= 4 is 11.9 Å². The van der Waals surface area contributed by atoms with Gasteiger partial charge in [0.15, 0.2) is 11.6 Å². The van der Waals surface area contributed by atoms with Crippen LogP contribution in [0.4, 0.5) is 0 Å². The van der Waals surface area contributed by atoms with E-state index in [1.165, 1.54) is 19.3 Å². The van der Waals surface area contributed by atoms with Gasteiger partial charge in [-0.3, -0.25) is 4.79 Å². The molecule has 0 bridgehead atoms. The molecule has 0 amide bonds. The van der Waals surface area contributed by atoms with Crippen molar-refractivity contribution in [3.05, 3.63) is 59.7 Å². The number of benzene rings is 1. The molecule has 1 aliphatic carbocycles. The second kappa shape index (κ2) is 6.52. The molecule has 1 unspecified atom stereocenters. The number of rotatable bonds is 5. The number of hydrogen-bond donors (Lipinski definition) is 1. The molecular formula is C17H18O4. The lowest BCUT2D eigenvalue weighted by Gasteiger charge is -2.24. The van der Waals surface area contributed by atoms with Crippen LogP contribution in [0.5, 0.6) is 5.75 Å². The molecule has 21 heavy (non-hydrogen) atoms. The number of aliphatic hydroxyl groups is 1. The maximum Gasteiger partial charge on any atom is 0.188 e. The Balaban J connectivity index is 2.09. The minimum atomic E-state index is -1.31. The van der Waals surface area contributed by atoms with Crippen LogP contribution in [0.1, 0.15) is 12.0 Å². The van der Waals surface area contributed by atoms with Gasteiger partial charge in [0, 0.05) is 24.7 Å². The SMILES string of the molecule is COc1ccccc1C=CC(=O)C1=CCC(O)(OC)C=C1. The topological polar surface area (TPSA) is 55.8 Å². The van der Waals surface area contributed by atoms with Gasteiger partial charge in [-0.1, -0.05) is 30.4 Å². The largest absolute Gasteiger partial charge is 0.496 e. The fourth-order valence-corrected chi connectivity index (χ4v) is 2.01. The quantitative estimate of drug-likeness (QED) is 0.667. The summed E-state index contributed by atoms with van der Waals surface area (Å²) < 4.78 is 10.2. The zero-order chi connectivity index (χ0) is 15.3. The summed E-state index contributed by atoms with van der Waals surface area (Å²) in [6, 6.07) is 7.46. The highest BCUT2D eigenvalue weighted by Gasteiger charge is 2.25. The van der Waals surface area contributed by atoms with Gasteiger partial charge < -0.3 is 14.6 Å². The highest BCUT2D eigenvalue weighted by molar-refractivity contribution is 6.08. The summed E-state index contributed by atoms with van der Waals surface area (Å²) in [5.74, 6) is -0.727. The Hall–Kier alpha value is -2.17. The molecule has 4 heteroatoms. The van der Waals surface area contributed by atoms with Crippen LogP contribution in [0.15, 0.2) is 54.1 Å². The van der Waals surface area contributed by atoms with E-state index in [4.69, 9.17) is 9.47 Å². The number of methoxy groups -OCH3 is 2. The van der Waals surface area contributed by atoms with Crippen molar-refractivity contribution in [1.82, 2.24) is 0 Å². The van der Waals surface area contributed by atoms with Crippen molar-refractivity contribution in [2.24, 2.45) is 0 Å². The van der Waals surface area contributed by atoms with Crippen molar-refractivity contribution < 1.29 is 19.4 Å². The molecule has 1 aromatic carbocycles. The minimum absolute atomic E-state index is 0.129. The molecule has 1 aromatic rings. The second-order valence-electron chi connectivity index (χ2n) is 4.69. The van der Waals surface area contributed by atoms with Crippen LogP contribution >= 0.6 is 0 Å². The first kappa shape index (κ1) is 15.2. The van der Waals surface area contributed by atoms with Crippen LogP contribution in [0, 0.1) is 0 Å². The molecule has 0 radical (unpaired) electrons. The summed E-state index contributed by atoms with van der Waals surface area (Å²) in [5.41, 5.74) is 1.37. The molecule has 0 fully saturated rings. The van der Waals surface area contributed by atoms with Gasteiger partial charge in [0.25, 0.3) is 0 Å². The third kappa shape index (κ3) is 3.68. The predicted octanol–water partition coefficient (Wildman–Crippen LogP) is 2.50. The number of ketones is 1. The maximum absolute atomic E-state index is 12.1. The highest BCUT2D eigenvalue weighted by atomic mass is 16.6. The molecule has 1 aliphatic rings. The van der Waals surface area contributed by atoms with Gasteiger partial charge in [-0.2, -0.15) is 0 Å². The van der Waals surface area contributed by atoms with E-state index in [1.54, 1.807) is 25.3 Å².